The Balaban J connectivity index is 2.94. The van der Waals surface area contributed by atoms with E-state index < -0.39 is 0 Å². The molecule has 0 spiro atoms. The first-order valence-corrected chi connectivity index (χ1v) is 8.46. The summed E-state index contributed by atoms with van der Waals surface area (Å²) < 4.78 is 0. The molecule has 1 aromatic carbocycles. The molecule has 0 aliphatic rings. The highest BCUT2D eigenvalue weighted by Gasteiger charge is 2.17. The van der Waals surface area contributed by atoms with Gasteiger partial charge in [0.05, 0.1) is 5.70 Å². The predicted octanol–water partition coefficient (Wildman–Crippen LogP) is 2.82. The molecule has 0 aliphatic heterocycles. The number of nitrogens with two attached hydrogens (primary N) is 2. The Kier molecular flexibility index (Phi) is 8.48. The summed E-state index contributed by atoms with van der Waals surface area (Å²) in [5.74, 6) is -0.0978. The number of rotatable bonds is 9. The molecule has 1 unspecified atom stereocenters. The average Bonchev–Trinajstić information content (AvgIpc) is 2.59. The van der Waals surface area contributed by atoms with Crippen molar-refractivity contribution in [2.24, 2.45) is 21.5 Å². The number of benzene rings is 1. The van der Waals surface area contributed by atoms with Gasteiger partial charge < -0.3 is 16.8 Å². The Labute approximate surface area is 154 Å². The molecule has 6 nitrogen and oxygen atoms in total. The second-order valence-corrected chi connectivity index (χ2v) is 6.51. The number of aliphatic imine (C=N–C) groups is 2. The van der Waals surface area contributed by atoms with Crippen molar-refractivity contribution in [2.45, 2.75) is 31.7 Å². The Morgan fingerprint density at radius 1 is 1.40 bits per heavy atom. The summed E-state index contributed by atoms with van der Waals surface area (Å²) in [6.07, 6.45) is 4.02. The van der Waals surface area contributed by atoms with E-state index in [9.17, 15) is 0 Å². The minimum absolute atomic E-state index is 0.0978. The third-order valence-electron chi connectivity index (χ3n) is 3.81. The molecule has 0 amide bonds. The lowest BCUT2D eigenvalue weighted by molar-refractivity contribution is 0.404. The zero-order valence-corrected chi connectivity index (χ0v) is 15.6. The van der Waals surface area contributed by atoms with Crippen molar-refractivity contribution in [3.8, 4) is 0 Å². The number of hydrogen-bond donors (Lipinski definition) is 4. The third-order valence-corrected chi connectivity index (χ3v) is 4.14. The van der Waals surface area contributed by atoms with E-state index in [1.807, 2.05) is 26.1 Å². The van der Waals surface area contributed by atoms with E-state index >= 15 is 0 Å². The molecule has 7 heteroatoms. The lowest BCUT2D eigenvalue weighted by Crippen LogP contribution is -2.38. The molecule has 136 valence electrons. The van der Waals surface area contributed by atoms with Gasteiger partial charge in [0.2, 0.25) is 0 Å². The Bertz CT molecular complexity index is 663. The fourth-order valence-electron chi connectivity index (χ4n) is 2.23. The van der Waals surface area contributed by atoms with E-state index in [1.54, 1.807) is 18.3 Å². The smallest absolute Gasteiger partial charge is 0.172 e. The minimum Gasteiger partial charge on any atom is -0.396 e. The summed E-state index contributed by atoms with van der Waals surface area (Å²) in [4.78, 5) is 7.98. The second-order valence-electron chi connectivity index (χ2n) is 6.11. The Morgan fingerprint density at radius 3 is 2.68 bits per heavy atom. The van der Waals surface area contributed by atoms with E-state index in [0.717, 1.165) is 19.4 Å². The van der Waals surface area contributed by atoms with Crippen LogP contribution >= 0.6 is 11.6 Å². The number of hydrogen-bond acceptors (Lipinski definition) is 5. The summed E-state index contributed by atoms with van der Waals surface area (Å²) >= 11 is 6.18. The van der Waals surface area contributed by atoms with E-state index in [1.165, 1.54) is 0 Å². The van der Waals surface area contributed by atoms with Crippen molar-refractivity contribution in [2.75, 3.05) is 13.6 Å². The molecule has 0 radical (unpaired) electrons. The van der Waals surface area contributed by atoms with E-state index in [2.05, 4.69) is 22.0 Å². The topological polar surface area (TPSA) is 113 Å². The molecule has 1 atom stereocenters. The van der Waals surface area contributed by atoms with Crippen LogP contribution < -0.4 is 16.8 Å². The normalized spacial score (nSPS) is 14.9. The van der Waals surface area contributed by atoms with Crippen LogP contribution in [-0.2, 0) is 0 Å². The van der Waals surface area contributed by atoms with Crippen molar-refractivity contribution >= 4 is 36.1 Å². The van der Waals surface area contributed by atoms with Crippen LogP contribution in [0.25, 0.3) is 5.70 Å². The standard InChI is InChI=1S/C18H27ClN6/c1-18(22,10-12-23-2)9-6-11-25-16(17(21)24-3)15(20)13-7-4-5-8-14(13)19/h4-5,7-8,11,21,23H,3,6,9-10,12,20,22H2,1-2H3. The molecule has 6 N–H and O–H groups in total. The summed E-state index contributed by atoms with van der Waals surface area (Å²) in [5.41, 5.74) is 13.3. The number of nitrogens with zero attached hydrogens (tertiary/aromatic N) is 2. The van der Waals surface area contributed by atoms with Crippen LogP contribution in [0.15, 0.2) is 39.9 Å². The fraction of sp³-hybridized carbons (Fsp3) is 0.389. The van der Waals surface area contributed by atoms with Crippen LogP contribution in [0.4, 0.5) is 0 Å². The van der Waals surface area contributed by atoms with Crippen LogP contribution in [-0.4, -0.2) is 37.9 Å². The van der Waals surface area contributed by atoms with Gasteiger partial charge in [-0.2, -0.15) is 0 Å². The predicted molar refractivity (Wildman–Crippen MR) is 109 cm³/mol. The molecule has 0 heterocycles. The lowest BCUT2D eigenvalue weighted by Gasteiger charge is -2.23. The van der Waals surface area contributed by atoms with E-state index in [-0.39, 0.29) is 17.1 Å². The van der Waals surface area contributed by atoms with Gasteiger partial charge in [0.1, 0.15) is 5.70 Å². The van der Waals surface area contributed by atoms with Crippen molar-refractivity contribution < 1.29 is 0 Å². The van der Waals surface area contributed by atoms with Crippen molar-refractivity contribution in [1.82, 2.24) is 5.32 Å². The van der Waals surface area contributed by atoms with E-state index in [0.29, 0.717) is 22.7 Å². The Hall–Kier alpha value is -2.02. The molecular weight excluding hydrogens is 336 g/mol. The third kappa shape index (κ3) is 6.78. The monoisotopic (exact) mass is 362 g/mol. The van der Waals surface area contributed by atoms with Gasteiger partial charge >= 0.3 is 0 Å². The molecule has 1 aromatic rings. The Morgan fingerprint density at radius 2 is 2.08 bits per heavy atom. The molecule has 0 bridgehead atoms. The number of nitrogens with one attached hydrogen (secondary N) is 2. The average molecular weight is 363 g/mol. The van der Waals surface area contributed by atoms with E-state index in [4.69, 9.17) is 28.5 Å². The van der Waals surface area contributed by atoms with Crippen LogP contribution in [0.5, 0.6) is 0 Å². The maximum absolute atomic E-state index is 7.94. The summed E-state index contributed by atoms with van der Waals surface area (Å²) in [5, 5.41) is 11.5. The summed E-state index contributed by atoms with van der Waals surface area (Å²) in [6, 6.07) is 7.14. The molecule has 1 rings (SSSR count). The van der Waals surface area contributed by atoms with Gasteiger partial charge in [-0.3, -0.25) is 10.4 Å². The van der Waals surface area contributed by atoms with Crippen molar-refractivity contribution in [1.29, 1.82) is 5.41 Å². The zero-order valence-electron chi connectivity index (χ0n) is 14.8. The van der Waals surface area contributed by atoms with Gasteiger partial charge in [-0.25, -0.2) is 4.99 Å². The molecule has 0 aromatic heterocycles. The first kappa shape index (κ1) is 21.0. The highest BCUT2D eigenvalue weighted by atomic mass is 35.5. The molecule has 0 aliphatic carbocycles. The van der Waals surface area contributed by atoms with Crippen LogP contribution in [0.1, 0.15) is 31.7 Å². The van der Waals surface area contributed by atoms with Gasteiger partial charge in [-0.05, 0) is 52.6 Å². The fourth-order valence-corrected chi connectivity index (χ4v) is 2.46. The number of halogens is 1. The van der Waals surface area contributed by atoms with Crippen molar-refractivity contribution in [3.05, 3.63) is 40.5 Å². The number of amidine groups is 1. The minimum atomic E-state index is -0.280. The lowest BCUT2D eigenvalue weighted by atomic mass is 9.93. The molecule has 0 saturated heterocycles. The maximum Gasteiger partial charge on any atom is 0.172 e. The molecule has 0 fully saturated rings. The van der Waals surface area contributed by atoms with Gasteiger partial charge in [-0.1, -0.05) is 29.8 Å². The molecule has 0 saturated carbocycles. The quantitative estimate of drug-likeness (QED) is 0.400. The van der Waals surface area contributed by atoms with Gasteiger partial charge in [-0.15, -0.1) is 0 Å². The summed E-state index contributed by atoms with van der Waals surface area (Å²) in [7, 11) is 1.90. The van der Waals surface area contributed by atoms with Crippen molar-refractivity contribution in [3.63, 3.8) is 0 Å². The zero-order chi connectivity index (χ0) is 18.9. The maximum atomic E-state index is 7.94. The molecular formula is C18H27ClN6. The molecule has 25 heavy (non-hydrogen) atoms. The summed E-state index contributed by atoms with van der Waals surface area (Å²) in [6.45, 7) is 6.26. The van der Waals surface area contributed by atoms with Gasteiger partial charge in [0, 0.05) is 22.3 Å². The van der Waals surface area contributed by atoms with Gasteiger partial charge in [0.15, 0.2) is 5.84 Å². The highest BCUT2D eigenvalue weighted by molar-refractivity contribution is 6.32. The SMILES string of the molecule is C=NC(=N)C(N=CCCC(C)(N)CCNC)=C(N)c1ccccc1Cl. The highest BCUT2D eigenvalue weighted by Crippen LogP contribution is 2.24. The van der Waals surface area contributed by atoms with Crippen LogP contribution in [0.3, 0.4) is 0 Å². The first-order chi connectivity index (χ1) is 11.8. The second kappa shape index (κ2) is 10.1. The largest absolute Gasteiger partial charge is 0.396 e. The van der Waals surface area contributed by atoms with Crippen LogP contribution in [0.2, 0.25) is 5.02 Å². The first-order valence-electron chi connectivity index (χ1n) is 8.08. The van der Waals surface area contributed by atoms with Crippen LogP contribution in [0, 0.1) is 5.41 Å². The van der Waals surface area contributed by atoms with Gasteiger partial charge in [0.25, 0.3) is 0 Å².